The summed E-state index contributed by atoms with van der Waals surface area (Å²) >= 11 is 0. The number of ketones is 1. The highest BCUT2D eigenvalue weighted by Gasteiger charge is 2.17. The molecule has 0 atom stereocenters. The topological polar surface area (TPSA) is 54.0 Å². The summed E-state index contributed by atoms with van der Waals surface area (Å²) in [5.74, 6) is -1.29. The molecule has 0 aliphatic carbocycles. The van der Waals surface area contributed by atoms with Crippen molar-refractivity contribution in [1.29, 1.82) is 0 Å². The first-order chi connectivity index (χ1) is 12.6. The number of carbonyl (C=O) groups excluding carboxylic acids is 1. The number of carbonyl (C=O) groups is 1. The first-order valence-corrected chi connectivity index (χ1v) is 7.60. The highest BCUT2D eigenvalue weighted by Crippen LogP contribution is 2.30. The average molecular weight is 364 g/mol. The number of halogens is 2. The molecule has 0 spiro atoms. The Kier molecular flexibility index (Phi) is 7.25. The Balaban J connectivity index is 2.35. The van der Waals surface area contributed by atoms with E-state index in [0.717, 1.165) is 24.3 Å². The van der Waals surface area contributed by atoms with Gasteiger partial charge in [-0.15, -0.1) is 0 Å². The van der Waals surface area contributed by atoms with Crippen molar-refractivity contribution < 1.29 is 32.5 Å². The predicted molar refractivity (Wildman–Crippen MR) is 91.2 cm³/mol. The van der Waals surface area contributed by atoms with Gasteiger partial charge in [-0.3, -0.25) is 4.79 Å². The van der Waals surface area contributed by atoms with Crippen LogP contribution in [0.25, 0.3) is 6.08 Å². The zero-order valence-electron chi connectivity index (χ0n) is 14.3. The maximum Gasteiger partial charge on any atom is 0.193 e. The molecule has 0 N–H and O–H groups in total. The summed E-state index contributed by atoms with van der Waals surface area (Å²) in [6, 6.07) is 7.77. The molecule has 7 heteroatoms. The first kappa shape index (κ1) is 19.6. The van der Waals surface area contributed by atoms with Gasteiger partial charge < -0.3 is 18.9 Å². The maximum absolute atomic E-state index is 13.7. The van der Waals surface area contributed by atoms with Gasteiger partial charge in [0.2, 0.25) is 0 Å². The fourth-order valence-corrected chi connectivity index (χ4v) is 2.13. The molecule has 0 unspecified atom stereocenters. The lowest BCUT2D eigenvalue weighted by Crippen LogP contribution is -2.09. The summed E-state index contributed by atoms with van der Waals surface area (Å²) in [5, 5.41) is 0. The van der Waals surface area contributed by atoms with E-state index in [-0.39, 0.29) is 36.2 Å². The minimum Gasteiger partial charge on any atom is -0.467 e. The monoisotopic (exact) mass is 364 g/mol. The zero-order valence-corrected chi connectivity index (χ0v) is 14.3. The van der Waals surface area contributed by atoms with Crippen molar-refractivity contribution in [3.05, 3.63) is 65.2 Å². The van der Waals surface area contributed by atoms with Crippen molar-refractivity contribution in [2.75, 3.05) is 27.8 Å². The smallest absolute Gasteiger partial charge is 0.193 e. The van der Waals surface area contributed by atoms with Gasteiger partial charge in [0.25, 0.3) is 0 Å². The molecule has 0 saturated carbocycles. The average Bonchev–Trinajstić information content (AvgIpc) is 2.65. The van der Waals surface area contributed by atoms with E-state index in [4.69, 9.17) is 18.9 Å². The SMILES string of the molecule is COCOc1cccc(OCOC)c1C(=O)/C=C/c1cc(F)ccc1F. The summed E-state index contributed by atoms with van der Waals surface area (Å²) in [4.78, 5) is 12.6. The lowest BCUT2D eigenvalue weighted by Gasteiger charge is -2.13. The third-order valence-electron chi connectivity index (χ3n) is 3.27. The largest absolute Gasteiger partial charge is 0.467 e. The quantitative estimate of drug-likeness (QED) is 0.385. The Bertz CT molecular complexity index is 763. The molecule has 0 heterocycles. The molecule has 0 amide bonds. The third-order valence-corrected chi connectivity index (χ3v) is 3.27. The van der Waals surface area contributed by atoms with Crippen molar-refractivity contribution in [3.63, 3.8) is 0 Å². The van der Waals surface area contributed by atoms with Crippen LogP contribution in [-0.4, -0.2) is 33.6 Å². The molecule has 0 bridgehead atoms. The van der Waals surface area contributed by atoms with Crippen molar-refractivity contribution in [2.45, 2.75) is 0 Å². The summed E-state index contributed by atoms with van der Waals surface area (Å²) in [6.07, 6.45) is 2.31. The van der Waals surface area contributed by atoms with Crippen LogP contribution in [0.3, 0.4) is 0 Å². The van der Waals surface area contributed by atoms with E-state index in [9.17, 15) is 13.6 Å². The van der Waals surface area contributed by atoms with Gasteiger partial charge >= 0.3 is 0 Å². The van der Waals surface area contributed by atoms with Crippen LogP contribution in [0, 0.1) is 11.6 Å². The highest BCUT2D eigenvalue weighted by molar-refractivity contribution is 6.10. The highest BCUT2D eigenvalue weighted by atomic mass is 19.1. The second-order valence-electron chi connectivity index (χ2n) is 5.09. The molecule has 0 radical (unpaired) electrons. The number of methoxy groups -OCH3 is 2. The fourth-order valence-electron chi connectivity index (χ4n) is 2.13. The fraction of sp³-hybridized carbons (Fsp3) is 0.211. The van der Waals surface area contributed by atoms with E-state index >= 15 is 0 Å². The predicted octanol–water partition coefficient (Wildman–Crippen LogP) is 3.83. The number of benzene rings is 2. The van der Waals surface area contributed by atoms with Gasteiger partial charge in [0.15, 0.2) is 19.4 Å². The van der Waals surface area contributed by atoms with Crippen LogP contribution < -0.4 is 9.47 Å². The maximum atomic E-state index is 13.7. The molecule has 0 saturated heterocycles. The van der Waals surface area contributed by atoms with Crippen LogP contribution in [0.4, 0.5) is 8.78 Å². The summed E-state index contributed by atoms with van der Waals surface area (Å²) in [7, 11) is 2.89. The Morgan fingerprint density at radius 1 is 1.00 bits per heavy atom. The Morgan fingerprint density at radius 3 is 2.19 bits per heavy atom. The van der Waals surface area contributed by atoms with E-state index in [2.05, 4.69) is 0 Å². The van der Waals surface area contributed by atoms with Crippen molar-refractivity contribution in [3.8, 4) is 11.5 Å². The second kappa shape index (κ2) is 9.65. The van der Waals surface area contributed by atoms with Crippen LogP contribution >= 0.6 is 0 Å². The molecule has 0 aliphatic heterocycles. The Labute approximate surface area is 149 Å². The van der Waals surface area contributed by atoms with Crippen LogP contribution in [0.2, 0.25) is 0 Å². The molecule has 0 aromatic heterocycles. The second-order valence-corrected chi connectivity index (χ2v) is 5.09. The minimum atomic E-state index is -0.643. The first-order valence-electron chi connectivity index (χ1n) is 7.60. The van der Waals surface area contributed by atoms with Gasteiger partial charge in [-0.2, -0.15) is 0 Å². The summed E-state index contributed by atoms with van der Waals surface area (Å²) < 4.78 is 47.4. The van der Waals surface area contributed by atoms with Crippen LogP contribution in [0.5, 0.6) is 11.5 Å². The number of rotatable bonds is 9. The number of hydrogen-bond donors (Lipinski definition) is 0. The van der Waals surface area contributed by atoms with E-state index in [1.165, 1.54) is 20.3 Å². The van der Waals surface area contributed by atoms with Crippen molar-refractivity contribution in [1.82, 2.24) is 0 Å². The van der Waals surface area contributed by atoms with E-state index in [1.807, 2.05) is 0 Å². The molecule has 2 aromatic carbocycles. The molecule has 5 nitrogen and oxygen atoms in total. The number of ether oxygens (including phenoxy) is 4. The van der Waals surface area contributed by atoms with Crippen molar-refractivity contribution in [2.24, 2.45) is 0 Å². The van der Waals surface area contributed by atoms with Crippen molar-refractivity contribution >= 4 is 11.9 Å². The number of hydrogen-bond acceptors (Lipinski definition) is 5. The summed E-state index contributed by atoms with van der Waals surface area (Å²) in [6.45, 7) is -0.146. The molecule has 2 rings (SSSR count). The van der Waals surface area contributed by atoms with Gasteiger partial charge in [0, 0.05) is 19.8 Å². The van der Waals surface area contributed by atoms with Gasteiger partial charge in [0.1, 0.15) is 28.7 Å². The lowest BCUT2D eigenvalue weighted by molar-refractivity contribution is 0.0447. The van der Waals surface area contributed by atoms with Gasteiger partial charge in [0.05, 0.1) is 0 Å². The van der Waals surface area contributed by atoms with E-state index in [1.54, 1.807) is 18.2 Å². The zero-order chi connectivity index (χ0) is 18.9. The third kappa shape index (κ3) is 5.11. The molecular formula is C19H18F2O5. The Morgan fingerprint density at radius 2 is 1.62 bits per heavy atom. The molecule has 0 aliphatic rings. The Hall–Kier alpha value is -2.77. The lowest BCUT2D eigenvalue weighted by atomic mass is 10.1. The van der Waals surface area contributed by atoms with Crippen LogP contribution in [0.1, 0.15) is 15.9 Å². The minimum absolute atomic E-state index is 0.0481. The van der Waals surface area contributed by atoms with E-state index < -0.39 is 17.4 Å². The normalized spacial score (nSPS) is 10.9. The van der Waals surface area contributed by atoms with Gasteiger partial charge in [-0.25, -0.2) is 8.78 Å². The van der Waals surface area contributed by atoms with Gasteiger partial charge in [-0.1, -0.05) is 6.07 Å². The molecular weight excluding hydrogens is 346 g/mol. The van der Waals surface area contributed by atoms with Crippen LogP contribution in [0.15, 0.2) is 42.5 Å². The number of allylic oxidation sites excluding steroid dienone is 1. The molecule has 26 heavy (non-hydrogen) atoms. The summed E-state index contributed by atoms with van der Waals surface area (Å²) in [5.41, 5.74) is 0.0719. The van der Waals surface area contributed by atoms with Gasteiger partial charge in [-0.05, 0) is 42.5 Å². The van der Waals surface area contributed by atoms with E-state index in [0.29, 0.717) is 0 Å². The molecule has 138 valence electrons. The standard InChI is InChI=1S/C19H18F2O5/c1-23-11-25-17-4-3-5-18(26-12-24-2)19(17)16(22)9-6-13-10-14(20)7-8-15(13)21/h3-10H,11-12H2,1-2H3/b9-6+. The molecule has 0 fully saturated rings. The van der Waals surface area contributed by atoms with Crippen LogP contribution in [-0.2, 0) is 9.47 Å². The molecule has 2 aromatic rings.